The van der Waals surface area contributed by atoms with E-state index in [9.17, 15) is 26.7 Å². The first-order chi connectivity index (χ1) is 13.7. The van der Waals surface area contributed by atoms with Crippen LogP contribution < -0.4 is 0 Å². The average molecular weight is 427 g/mol. The average Bonchev–Trinajstić information content (AvgIpc) is 2.73. The molecule has 0 saturated carbocycles. The molecule has 0 saturated heterocycles. The molecule has 8 heteroatoms. The fourth-order valence-electron chi connectivity index (χ4n) is 2.68. The maximum absolute atomic E-state index is 13.9. The van der Waals surface area contributed by atoms with Gasteiger partial charge in [-0.1, -0.05) is 54.6 Å². The molecule has 29 heavy (non-hydrogen) atoms. The number of alkyl halides is 5. The largest absolute Gasteiger partial charge is 0.579 e. The molecular weight excluding hydrogens is 411 g/mol. The summed E-state index contributed by atoms with van der Waals surface area (Å²) in [6.45, 7) is 0. The lowest BCUT2D eigenvalue weighted by molar-refractivity contribution is -0.255. The molecule has 0 aromatic heterocycles. The van der Waals surface area contributed by atoms with E-state index in [4.69, 9.17) is 4.18 Å². The predicted octanol–water partition coefficient (Wildman–Crippen LogP) is 6.60. The number of carbonyl (C=O) groups excluding carboxylic acids is 1. The van der Waals surface area contributed by atoms with Gasteiger partial charge in [0.25, 0.3) is 0 Å². The van der Waals surface area contributed by atoms with Gasteiger partial charge >= 0.3 is 18.1 Å². The predicted molar refractivity (Wildman–Crippen MR) is 101 cm³/mol. The summed E-state index contributed by atoms with van der Waals surface area (Å²) in [4.78, 5) is 10.9. The van der Waals surface area contributed by atoms with Crippen molar-refractivity contribution in [1.82, 2.24) is 0 Å². The van der Waals surface area contributed by atoms with Crippen molar-refractivity contribution in [3.8, 4) is 0 Å². The monoisotopic (exact) mass is 427 g/mol. The minimum atomic E-state index is -6.01. The fourth-order valence-corrected chi connectivity index (χ4v) is 5.75. The summed E-state index contributed by atoms with van der Waals surface area (Å²) in [5.74, 6) is -7.93. The number of rotatable bonds is 5. The Kier molecular flexibility index (Phi) is 5.66. The van der Waals surface area contributed by atoms with E-state index in [0.717, 1.165) is 0 Å². The molecule has 1 N–H and O–H groups in total. The summed E-state index contributed by atoms with van der Waals surface area (Å²) in [6.07, 6.45) is -6.01. The van der Waals surface area contributed by atoms with Crippen molar-refractivity contribution < 1.29 is 30.9 Å². The van der Waals surface area contributed by atoms with Gasteiger partial charge in [-0.05, 0) is 36.4 Å². The van der Waals surface area contributed by atoms with Crippen LogP contribution in [0.3, 0.4) is 0 Å². The molecule has 3 aromatic rings. The molecule has 0 heterocycles. The standard InChI is InChI=1S/C21H15F5O2S/c22-20(23,21(24,25)26)19(27)28-29(16-10-4-1-5-11-16,17-12-6-2-7-13-17)18-14-8-3-9-15-18/h1-15H/p+1. The molecule has 0 amide bonds. The van der Waals surface area contributed by atoms with Crippen LogP contribution in [0.15, 0.2) is 106 Å². The Labute approximate surface area is 165 Å². The van der Waals surface area contributed by atoms with Crippen LogP contribution in [0.2, 0.25) is 0 Å². The molecule has 0 atom stereocenters. The topological polar surface area (TPSA) is 30.6 Å². The summed E-state index contributed by atoms with van der Waals surface area (Å²) in [7, 11) is -3.14. The Balaban J connectivity index is 2.27. The van der Waals surface area contributed by atoms with E-state index in [1.54, 1.807) is 91.0 Å². The molecule has 0 unspecified atom stereocenters. The summed E-state index contributed by atoms with van der Waals surface area (Å²) in [6, 6.07) is 24.1. The van der Waals surface area contributed by atoms with E-state index in [2.05, 4.69) is 0 Å². The fraction of sp³-hybridized carbons (Fsp3) is 0.0952. The summed E-state index contributed by atoms with van der Waals surface area (Å²) in [5.41, 5.74) is 0. The van der Waals surface area contributed by atoms with Crippen molar-refractivity contribution in [1.29, 1.82) is 0 Å². The van der Waals surface area contributed by atoms with Gasteiger partial charge in [-0.2, -0.15) is 22.0 Å². The smallest absolute Gasteiger partial charge is 0.333 e. The molecule has 0 radical (unpaired) electrons. The zero-order valence-electron chi connectivity index (χ0n) is 14.8. The van der Waals surface area contributed by atoms with E-state index < -0.39 is 28.4 Å². The molecule has 152 valence electrons. The Morgan fingerprint density at radius 3 is 1.21 bits per heavy atom. The van der Waals surface area contributed by atoms with Crippen LogP contribution >= 0.6 is 10.3 Å². The SMILES string of the molecule is [OH+]=C(OS(c1ccccc1)(c1ccccc1)c1ccccc1)C(F)(F)C(F)(F)F. The number of hydrogen-bond acceptors (Lipinski definition) is 1. The Morgan fingerprint density at radius 2 is 0.931 bits per heavy atom. The molecule has 0 aliphatic rings. The quantitative estimate of drug-likeness (QED) is 0.333. The Hall–Kier alpha value is -2.87. The second-order valence-corrected chi connectivity index (χ2v) is 8.65. The van der Waals surface area contributed by atoms with E-state index >= 15 is 0 Å². The van der Waals surface area contributed by atoms with Gasteiger partial charge in [0, 0.05) is 0 Å². The van der Waals surface area contributed by atoms with Crippen molar-refractivity contribution in [2.24, 2.45) is 0 Å². The van der Waals surface area contributed by atoms with Gasteiger partial charge in [0.15, 0.2) is 0 Å². The van der Waals surface area contributed by atoms with Crippen molar-refractivity contribution in [3.63, 3.8) is 0 Å². The van der Waals surface area contributed by atoms with Crippen molar-refractivity contribution >= 4 is 16.3 Å². The maximum Gasteiger partial charge on any atom is 0.579 e. The highest BCUT2D eigenvalue weighted by atomic mass is 32.3. The molecule has 2 nitrogen and oxygen atoms in total. The first-order valence-electron chi connectivity index (χ1n) is 8.38. The lowest BCUT2D eigenvalue weighted by Crippen LogP contribution is -2.45. The highest BCUT2D eigenvalue weighted by Crippen LogP contribution is 2.69. The number of halogens is 5. The number of benzene rings is 3. The van der Waals surface area contributed by atoms with E-state index in [1.807, 2.05) is 0 Å². The van der Waals surface area contributed by atoms with Gasteiger partial charge in [0.2, 0.25) is 0 Å². The van der Waals surface area contributed by atoms with Gasteiger partial charge in [0.05, 0.1) is 25.0 Å². The maximum atomic E-state index is 13.9. The molecular formula is C21H16F5O2S+. The summed E-state index contributed by atoms with van der Waals surface area (Å²) < 4.78 is 71.6. The third-order valence-electron chi connectivity index (χ3n) is 4.05. The van der Waals surface area contributed by atoms with Crippen LogP contribution in [-0.4, -0.2) is 22.9 Å². The third kappa shape index (κ3) is 3.85. The molecule has 0 bridgehead atoms. The van der Waals surface area contributed by atoms with Crippen LogP contribution in [0.4, 0.5) is 22.0 Å². The molecule has 0 aliphatic carbocycles. The van der Waals surface area contributed by atoms with Crippen molar-refractivity contribution in [3.05, 3.63) is 91.0 Å². The molecule has 3 aromatic carbocycles. The highest BCUT2D eigenvalue weighted by molar-refractivity contribution is 8.30. The second kappa shape index (κ2) is 7.87. The van der Waals surface area contributed by atoms with Crippen LogP contribution in [-0.2, 0) is 4.18 Å². The van der Waals surface area contributed by atoms with Gasteiger partial charge in [-0.15, -0.1) is 0 Å². The van der Waals surface area contributed by atoms with E-state index in [0.29, 0.717) is 14.7 Å². The zero-order chi connectivity index (χ0) is 21.1. The van der Waals surface area contributed by atoms with Crippen LogP contribution in [0.5, 0.6) is 0 Å². The molecule has 0 aliphatic heterocycles. The van der Waals surface area contributed by atoms with Crippen LogP contribution in [0.1, 0.15) is 0 Å². The van der Waals surface area contributed by atoms with Crippen LogP contribution in [0, 0.1) is 0 Å². The minimum absolute atomic E-state index is 0.349. The van der Waals surface area contributed by atoms with Crippen LogP contribution in [0.25, 0.3) is 0 Å². The van der Waals surface area contributed by atoms with Gasteiger partial charge < -0.3 is 4.79 Å². The third-order valence-corrected chi connectivity index (χ3v) is 7.27. The lowest BCUT2D eigenvalue weighted by Gasteiger charge is -2.33. The van der Waals surface area contributed by atoms with Crippen molar-refractivity contribution in [2.75, 3.05) is 0 Å². The molecule has 3 rings (SSSR count). The first-order valence-corrected chi connectivity index (χ1v) is 9.94. The van der Waals surface area contributed by atoms with Crippen molar-refractivity contribution in [2.45, 2.75) is 26.8 Å². The van der Waals surface area contributed by atoms with E-state index in [1.165, 1.54) is 0 Å². The molecule has 0 fully saturated rings. The van der Waals surface area contributed by atoms with Gasteiger partial charge in [-0.25, -0.2) is 4.18 Å². The lowest BCUT2D eigenvalue weighted by atomic mass is 10.3. The highest BCUT2D eigenvalue weighted by Gasteiger charge is 2.71. The van der Waals surface area contributed by atoms with Gasteiger partial charge in [-0.3, -0.25) is 0 Å². The Morgan fingerprint density at radius 1 is 0.621 bits per heavy atom. The summed E-state index contributed by atoms with van der Waals surface area (Å²) >= 11 is 0. The molecule has 0 spiro atoms. The normalized spacial score (nSPS) is 13.0. The minimum Gasteiger partial charge on any atom is -0.333 e. The van der Waals surface area contributed by atoms with E-state index in [-0.39, 0.29) is 0 Å². The Bertz CT molecular complexity index is 864. The van der Waals surface area contributed by atoms with Gasteiger partial charge in [0.1, 0.15) is 0 Å². The zero-order valence-corrected chi connectivity index (χ0v) is 15.6. The number of hydrogen-bond donors (Lipinski definition) is 0. The summed E-state index contributed by atoms with van der Waals surface area (Å²) in [5, 5.41) is 0. The first kappa shape index (κ1) is 20.9. The second-order valence-electron chi connectivity index (χ2n) is 5.96.